The Morgan fingerprint density at radius 3 is 1.09 bits per heavy atom. The Kier molecular flexibility index (Phi) is 3.73. The summed E-state index contributed by atoms with van der Waals surface area (Å²) in [6, 6.07) is 0. The highest BCUT2D eigenvalue weighted by Gasteiger charge is 3.02. The summed E-state index contributed by atoms with van der Waals surface area (Å²) in [6.07, 6.45) is -33.8. The maximum Gasteiger partial charge on any atom is 0.424 e. The molecule has 0 N–H and O–H groups in total. The minimum Gasteiger partial charge on any atom is -0.245 e. The van der Waals surface area contributed by atoms with Crippen molar-refractivity contribution in [3.63, 3.8) is 0 Å². The number of alkyl halides is 14. The Labute approximate surface area is 111 Å². The normalized spacial score (nSPS) is 33.5. The second kappa shape index (κ2) is 4.30. The van der Waals surface area contributed by atoms with Gasteiger partial charge in [-0.25, -0.2) is 8.78 Å². The van der Waals surface area contributed by atoms with Crippen LogP contribution in [-0.4, -0.2) is 36.5 Å². The molecule has 3 atom stereocenters. The molecule has 0 bridgehead atoms. The van der Waals surface area contributed by atoms with Crippen LogP contribution >= 0.6 is 0 Å². The lowest BCUT2D eigenvalue weighted by atomic mass is 9.48. The molecule has 1 fully saturated rings. The van der Waals surface area contributed by atoms with Gasteiger partial charge in [-0.1, -0.05) is 0 Å². The first-order valence-corrected chi connectivity index (χ1v) is 4.87. The molecule has 1 aliphatic rings. The Hall–Kier alpha value is -0.980. The van der Waals surface area contributed by atoms with Crippen LogP contribution in [-0.2, 0) is 0 Å². The van der Waals surface area contributed by atoms with Crippen LogP contribution in [0.25, 0.3) is 0 Å². The molecule has 0 aromatic carbocycles. The standard InChI is InChI=1S/C8H2F14/c9-2-1(5(11,12)13)4(10,8(20,21)22)3(2,6(14,15)16)7(17,18)19/h1-2H. The van der Waals surface area contributed by atoms with Crippen LogP contribution in [0.15, 0.2) is 0 Å². The van der Waals surface area contributed by atoms with Crippen LogP contribution in [0.3, 0.4) is 0 Å². The summed E-state index contributed by atoms with van der Waals surface area (Å²) in [5, 5.41) is 0. The Morgan fingerprint density at radius 2 is 0.909 bits per heavy atom. The molecule has 0 aromatic heterocycles. The summed E-state index contributed by atoms with van der Waals surface area (Å²) in [7, 11) is 0. The molecule has 132 valence electrons. The first kappa shape index (κ1) is 19.1. The second-order valence-corrected chi connectivity index (χ2v) is 4.43. The lowest BCUT2D eigenvalue weighted by molar-refractivity contribution is -0.512. The fourth-order valence-electron chi connectivity index (χ4n) is 2.48. The van der Waals surface area contributed by atoms with Crippen molar-refractivity contribution in [2.45, 2.75) is 36.5 Å². The van der Waals surface area contributed by atoms with Gasteiger partial charge in [-0.3, -0.25) is 0 Å². The lowest BCUT2D eigenvalue weighted by Crippen LogP contribution is -2.86. The van der Waals surface area contributed by atoms with Gasteiger partial charge in [0.2, 0.25) is 11.1 Å². The summed E-state index contributed by atoms with van der Waals surface area (Å²) >= 11 is 0. The van der Waals surface area contributed by atoms with Crippen LogP contribution in [0.4, 0.5) is 61.5 Å². The van der Waals surface area contributed by atoms with E-state index in [-0.39, 0.29) is 0 Å². The van der Waals surface area contributed by atoms with Gasteiger partial charge in [-0.2, -0.15) is 52.7 Å². The molecule has 0 spiro atoms. The van der Waals surface area contributed by atoms with E-state index in [2.05, 4.69) is 0 Å². The van der Waals surface area contributed by atoms with Crippen molar-refractivity contribution < 1.29 is 61.5 Å². The molecule has 0 nitrogen and oxygen atoms in total. The summed E-state index contributed by atoms with van der Waals surface area (Å²) in [6.45, 7) is 0. The van der Waals surface area contributed by atoms with E-state index >= 15 is 0 Å². The van der Waals surface area contributed by atoms with Crippen LogP contribution in [0.2, 0.25) is 0 Å². The zero-order chi connectivity index (χ0) is 18.2. The highest BCUT2D eigenvalue weighted by atomic mass is 19.4. The van der Waals surface area contributed by atoms with Crippen molar-refractivity contribution >= 4 is 0 Å². The van der Waals surface area contributed by atoms with Crippen molar-refractivity contribution in [3.05, 3.63) is 0 Å². The smallest absolute Gasteiger partial charge is 0.245 e. The van der Waals surface area contributed by atoms with Gasteiger partial charge in [0, 0.05) is 0 Å². The van der Waals surface area contributed by atoms with Gasteiger partial charge in [-0.15, -0.1) is 0 Å². The third-order valence-corrected chi connectivity index (χ3v) is 3.37. The molecule has 0 amide bonds. The third-order valence-electron chi connectivity index (χ3n) is 3.37. The van der Waals surface area contributed by atoms with Gasteiger partial charge in [0.1, 0.15) is 12.1 Å². The molecule has 0 aromatic rings. The molecular formula is C8H2F14. The fourth-order valence-corrected chi connectivity index (χ4v) is 2.48. The number of rotatable bonds is 0. The van der Waals surface area contributed by atoms with Gasteiger partial charge >= 0.3 is 24.7 Å². The summed E-state index contributed by atoms with van der Waals surface area (Å²) in [4.78, 5) is 0. The monoisotopic (exact) mass is 364 g/mol. The Balaban J connectivity index is 3.80. The molecule has 14 heteroatoms. The van der Waals surface area contributed by atoms with Crippen LogP contribution in [0.1, 0.15) is 0 Å². The lowest BCUT2D eigenvalue weighted by Gasteiger charge is -2.61. The summed E-state index contributed by atoms with van der Waals surface area (Å²) < 4.78 is 175. The zero-order valence-electron chi connectivity index (χ0n) is 9.45. The first-order chi connectivity index (χ1) is 9.28. The van der Waals surface area contributed by atoms with E-state index in [1.54, 1.807) is 0 Å². The maximum absolute atomic E-state index is 13.6. The van der Waals surface area contributed by atoms with E-state index in [9.17, 15) is 61.5 Å². The Morgan fingerprint density at radius 1 is 0.591 bits per heavy atom. The summed E-state index contributed by atoms with van der Waals surface area (Å²) in [5.74, 6) is -5.15. The zero-order valence-corrected chi connectivity index (χ0v) is 9.45. The number of halogens is 14. The van der Waals surface area contributed by atoms with E-state index in [1.807, 2.05) is 0 Å². The topological polar surface area (TPSA) is 0 Å². The highest BCUT2D eigenvalue weighted by Crippen LogP contribution is 2.77. The van der Waals surface area contributed by atoms with E-state index in [0.29, 0.717) is 0 Å². The largest absolute Gasteiger partial charge is 0.424 e. The van der Waals surface area contributed by atoms with Crippen LogP contribution in [0, 0.1) is 11.3 Å². The molecule has 1 saturated carbocycles. The molecule has 0 aliphatic heterocycles. The van der Waals surface area contributed by atoms with Gasteiger partial charge in [0.25, 0.3) is 0 Å². The van der Waals surface area contributed by atoms with Crippen molar-refractivity contribution in [3.8, 4) is 0 Å². The fraction of sp³-hybridized carbons (Fsp3) is 1.00. The van der Waals surface area contributed by atoms with Gasteiger partial charge < -0.3 is 0 Å². The number of hydrogen-bond acceptors (Lipinski definition) is 0. The molecular weight excluding hydrogens is 362 g/mol. The molecule has 0 radical (unpaired) electrons. The molecule has 1 aliphatic carbocycles. The van der Waals surface area contributed by atoms with Crippen molar-refractivity contribution in [1.29, 1.82) is 0 Å². The van der Waals surface area contributed by atoms with Crippen LogP contribution < -0.4 is 0 Å². The minimum atomic E-state index is -7.31. The van der Waals surface area contributed by atoms with E-state index < -0.39 is 47.9 Å². The Bertz CT molecular complexity index is 420. The predicted molar refractivity (Wildman–Crippen MR) is 38.9 cm³/mol. The molecule has 22 heavy (non-hydrogen) atoms. The average molecular weight is 364 g/mol. The SMILES string of the molecule is FC1C(C(F)(F)F)C(F)(C(F)(F)F)C1(C(F)(F)F)C(F)(F)F. The van der Waals surface area contributed by atoms with Gasteiger partial charge in [-0.05, 0) is 0 Å². The van der Waals surface area contributed by atoms with E-state index in [1.165, 1.54) is 0 Å². The van der Waals surface area contributed by atoms with Crippen LogP contribution in [0.5, 0.6) is 0 Å². The van der Waals surface area contributed by atoms with E-state index in [4.69, 9.17) is 0 Å². The van der Waals surface area contributed by atoms with Crippen molar-refractivity contribution in [2.24, 2.45) is 11.3 Å². The number of hydrogen-bond donors (Lipinski definition) is 0. The first-order valence-electron chi connectivity index (χ1n) is 4.87. The maximum atomic E-state index is 13.6. The molecule has 1 rings (SSSR count). The van der Waals surface area contributed by atoms with Crippen molar-refractivity contribution in [1.82, 2.24) is 0 Å². The molecule has 0 saturated heterocycles. The minimum absolute atomic E-state index is 5.15. The highest BCUT2D eigenvalue weighted by molar-refractivity contribution is 5.29. The van der Waals surface area contributed by atoms with Crippen molar-refractivity contribution in [2.75, 3.05) is 0 Å². The van der Waals surface area contributed by atoms with E-state index in [0.717, 1.165) is 0 Å². The van der Waals surface area contributed by atoms with Gasteiger partial charge in [0.05, 0.1) is 0 Å². The average Bonchev–Trinajstić information content (AvgIpc) is 2.06. The molecule has 3 unspecified atom stereocenters. The third kappa shape index (κ3) is 1.90. The second-order valence-electron chi connectivity index (χ2n) is 4.43. The molecule has 0 heterocycles. The van der Waals surface area contributed by atoms with Gasteiger partial charge in [0.15, 0.2) is 0 Å². The predicted octanol–water partition coefficient (Wildman–Crippen LogP) is 4.90. The summed E-state index contributed by atoms with van der Waals surface area (Å²) in [5.41, 5.74) is -13.8. The quantitative estimate of drug-likeness (QED) is 0.537.